The Morgan fingerprint density at radius 3 is 2.62 bits per heavy atom. The number of amides is 1. The molecule has 2 heterocycles. The van der Waals surface area contributed by atoms with Crippen molar-refractivity contribution in [2.45, 2.75) is 19.4 Å². The van der Waals surface area contributed by atoms with Crippen LogP contribution in [0.3, 0.4) is 0 Å². The Hall–Kier alpha value is -3.58. The second-order valence-electron chi connectivity index (χ2n) is 7.45. The van der Waals surface area contributed by atoms with Crippen LogP contribution in [0.15, 0.2) is 71.6 Å². The highest BCUT2D eigenvalue weighted by molar-refractivity contribution is 7.07. The van der Waals surface area contributed by atoms with E-state index in [1.54, 1.807) is 42.5 Å². The molecule has 0 saturated heterocycles. The fourth-order valence-electron chi connectivity index (χ4n) is 3.56. The summed E-state index contributed by atoms with van der Waals surface area (Å²) in [6, 6.07) is 17.3. The molecule has 32 heavy (non-hydrogen) atoms. The molecule has 4 rings (SSSR count). The van der Waals surface area contributed by atoms with E-state index in [4.69, 9.17) is 14.6 Å². The average molecular weight is 448 g/mol. The van der Waals surface area contributed by atoms with Crippen LogP contribution in [0, 0.1) is 0 Å². The molecule has 2 aromatic heterocycles. The van der Waals surface area contributed by atoms with Gasteiger partial charge in [0.25, 0.3) is 5.91 Å². The van der Waals surface area contributed by atoms with Crippen LogP contribution < -0.4 is 14.8 Å². The molecular weight excluding hydrogens is 422 g/mol. The topological polar surface area (TPSA) is 65.4 Å². The molecule has 1 N–H and O–H groups in total. The monoisotopic (exact) mass is 447 g/mol. The first-order valence-electron chi connectivity index (χ1n) is 10.3. The minimum atomic E-state index is -0.178. The number of hydrogen-bond acceptors (Lipinski definition) is 5. The van der Waals surface area contributed by atoms with Crippen LogP contribution in [-0.4, -0.2) is 35.9 Å². The maximum Gasteiger partial charge on any atom is 0.255 e. The van der Waals surface area contributed by atoms with Crippen LogP contribution in [0.4, 0.5) is 0 Å². The highest BCUT2D eigenvalue weighted by Crippen LogP contribution is 2.35. The zero-order valence-electron chi connectivity index (χ0n) is 18.2. The minimum Gasteiger partial charge on any atom is -0.497 e. The average Bonchev–Trinajstić information content (AvgIpc) is 3.49. The number of benzene rings is 2. The maximum atomic E-state index is 13.3. The van der Waals surface area contributed by atoms with Crippen molar-refractivity contribution in [1.82, 2.24) is 15.1 Å². The van der Waals surface area contributed by atoms with Crippen molar-refractivity contribution in [2.24, 2.45) is 0 Å². The fraction of sp³-hybridized carbons (Fsp3) is 0.200. The number of hydrogen-bond donors (Lipinski definition) is 1. The predicted molar refractivity (Wildman–Crippen MR) is 127 cm³/mol. The summed E-state index contributed by atoms with van der Waals surface area (Å²) in [7, 11) is 3.20. The van der Waals surface area contributed by atoms with E-state index in [-0.39, 0.29) is 11.9 Å². The molecule has 164 valence electrons. The van der Waals surface area contributed by atoms with Crippen LogP contribution >= 0.6 is 11.3 Å². The number of aromatic nitrogens is 2. The third kappa shape index (κ3) is 4.68. The van der Waals surface area contributed by atoms with Gasteiger partial charge in [0, 0.05) is 23.9 Å². The van der Waals surface area contributed by atoms with E-state index >= 15 is 0 Å². The zero-order chi connectivity index (χ0) is 22.5. The van der Waals surface area contributed by atoms with Crippen molar-refractivity contribution in [2.75, 3.05) is 14.2 Å². The Labute approximate surface area is 191 Å². The molecule has 0 aliphatic heterocycles. The summed E-state index contributed by atoms with van der Waals surface area (Å²) in [4.78, 5) is 13.3. The largest absolute Gasteiger partial charge is 0.497 e. The summed E-state index contributed by atoms with van der Waals surface area (Å²) in [5.41, 5.74) is 3.83. The van der Waals surface area contributed by atoms with Crippen molar-refractivity contribution in [3.05, 3.63) is 82.7 Å². The number of methoxy groups -OCH3 is 2. The van der Waals surface area contributed by atoms with Gasteiger partial charge in [-0.3, -0.25) is 4.79 Å². The second kappa shape index (κ2) is 9.70. The molecule has 1 unspecified atom stereocenters. The summed E-state index contributed by atoms with van der Waals surface area (Å²) >= 11 is 1.65. The van der Waals surface area contributed by atoms with E-state index in [0.29, 0.717) is 22.8 Å². The van der Waals surface area contributed by atoms with Crippen molar-refractivity contribution >= 4 is 17.2 Å². The molecule has 0 saturated carbocycles. The van der Waals surface area contributed by atoms with E-state index in [1.165, 1.54) is 5.56 Å². The summed E-state index contributed by atoms with van der Waals surface area (Å²) in [5.74, 6) is 1.08. The molecule has 0 spiro atoms. The van der Waals surface area contributed by atoms with Gasteiger partial charge < -0.3 is 14.8 Å². The van der Waals surface area contributed by atoms with Gasteiger partial charge in [-0.05, 0) is 60.0 Å². The number of para-hydroxylation sites is 1. The van der Waals surface area contributed by atoms with E-state index < -0.39 is 0 Å². The lowest BCUT2D eigenvalue weighted by atomic mass is 10.1. The lowest BCUT2D eigenvalue weighted by Crippen LogP contribution is -2.34. The van der Waals surface area contributed by atoms with Crippen molar-refractivity contribution < 1.29 is 14.3 Å². The van der Waals surface area contributed by atoms with Gasteiger partial charge in [-0.1, -0.05) is 18.2 Å². The molecule has 0 radical (unpaired) electrons. The van der Waals surface area contributed by atoms with Gasteiger partial charge >= 0.3 is 0 Å². The molecule has 0 bridgehead atoms. The molecular formula is C25H25N3O3S. The Bertz CT molecular complexity index is 1190. The van der Waals surface area contributed by atoms with E-state index in [1.807, 2.05) is 54.8 Å². The van der Waals surface area contributed by atoms with Gasteiger partial charge in [0.1, 0.15) is 17.2 Å². The van der Waals surface area contributed by atoms with Gasteiger partial charge in [0.05, 0.1) is 25.5 Å². The normalized spacial score (nSPS) is 11.7. The molecule has 1 amide bonds. The van der Waals surface area contributed by atoms with Gasteiger partial charge in [0.15, 0.2) is 0 Å². The van der Waals surface area contributed by atoms with E-state index in [0.717, 1.165) is 17.7 Å². The standard InChI is InChI=1S/C25H25N3O3S/c1-17(13-18-11-12-32-16-18)26-25(29)22-15-28(19-7-5-4-6-8-19)27-24(22)21-10-9-20(30-2)14-23(21)31-3/h4-12,14-17H,13H2,1-3H3,(H,26,29). The number of carbonyl (C=O) groups is 1. The van der Waals surface area contributed by atoms with Gasteiger partial charge in [-0.2, -0.15) is 16.4 Å². The number of ether oxygens (including phenoxy) is 2. The fourth-order valence-corrected chi connectivity index (χ4v) is 4.24. The van der Waals surface area contributed by atoms with Gasteiger partial charge in [0.2, 0.25) is 0 Å². The summed E-state index contributed by atoms with van der Waals surface area (Å²) in [5, 5.41) is 12.0. The van der Waals surface area contributed by atoms with E-state index in [2.05, 4.69) is 16.8 Å². The molecule has 4 aromatic rings. The number of thiophene rings is 1. The van der Waals surface area contributed by atoms with Crippen molar-refractivity contribution in [3.8, 4) is 28.4 Å². The highest BCUT2D eigenvalue weighted by atomic mass is 32.1. The summed E-state index contributed by atoms with van der Waals surface area (Å²) in [6.45, 7) is 2.00. The Balaban J connectivity index is 1.72. The van der Waals surface area contributed by atoms with Crippen LogP contribution in [0.1, 0.15) is 22.8 Å². The Morgan fingerprint density at radius 2 is 1.94 bits per heavy atom. The summed E-state index contributed by atoms with van der Waals surface area (Å²) < 4.78 is 12.6. The second-order valence-corrected chi connectivity index (χ2v) is 8.23. The van der Waals surface area contributed by atoms with Crippen molar-refractivity contribution in [1.29, 1.82) is 0 Å². The molecule has 0 aliphatic carbocycles. The lowest BCUT2D eigenvalue weighted by Gasteiger charge is -2.14. The van der Waals surface area contributed by atoms with E-state index in [9.17, 15) is 4.79 Å². The molecule has 0 aliphatic rings. The number of carbonyl (C=O) groups excluding carboxylic acids is 1. The van der Waals surface area contributed by atoms with Gasteiger partial charge in [-0.25, -0.2) is 4.68 Å². The quantitative estimate of drug-likeness (QED) is 0.414. The van der Waals surface area contributed by atoms with Crippen LogP contribution in [-0.2, 0) is 6.42 Å². The minimum absolute atomic E-state index is 0.0252. The molecule has 1 atom stereocenters. The summed E-state index contributed by atoms with van der Waals surface area (Å²) in [6.07, 6.45) is 2.53. The third-order valence-corrected chi connectivity index (χ3v) is 5.87. The number of rotatable bonds is 8. The van der Waals surface area contributed by atoms with Crippen LogP contribution in [0.2, 0.25) is 0 Å². The van der Waals surface area contributed by atoms with Gasteiger partial charge in [-0.15, -0.1) is 0 Å². The SMILES string of the molecule is COc1ccc(-c2nn(-c3ccccc3)cc2C(=O)NC(C)Cc2ccsc2)c(OC)c1. The smallest absolute Gasteiger partial charge is 0.255 e. The third-order valence-electron chi connectivity index (χ3n) is 5.14. The van der Waals surface area contributed by atoms with Crippen LogP contribution in [0.25, 0.3) is 16.9 Å². The van der Waals surface area contributed by atoms with Crippen molar-refractivity contribution in [3.63, 3.8) is 0 Å². The Morgan fingerprint density at radius 1 is 1.12 bits per heavy atom. The van der Waals surface area contributed by atoms with Crippen LogP contribution in [0.5, 0.6) is 11.5 Å². The zero-order valence-corrected chi connectivity index (χ0v) is 19.1. The number of nitrogens with one attached hydrogen (secondary N) is 1. The molecule has 0 fully saturated rings. The number of nitrogens with zero attached hydrogens (tertiary/aromatic N) is 2. The maximum absolute atomic E-state index is 13.3. The molecule has 7 heteroatoms. The first-order valence-corrected chi connectivity index (χ1v) is 11.2. The predicted octanol–water partition coefficient (Wildman–Crippen LogP) is 4.98. The molecule has 6 nitrogen and oxygen atoms in total. The first-order chi connectivity index (χ1) is 15.6. The first kappa shape index (κ1) is 21.6. The Kier molecular flexibility index (Phi) is 6.56. The lowest BCUT2D eigenvalue weighted by molar-refractivity contribution is 0.0940. The molecule has 2 aromatic carbocycles. The highest BCUT2D eigenvalue weighted by Gasteiger charge is 2.23.